The minimum Gasteiger partial charge on any atom is -0.356 e. The Labute approximate surface area is 194 Å². The Hall–Kier alpha value is -1.87. The van der Waals surface area contributed by atoms with Gasteiger partial charge in [0.1, 0.15) is 5.15 Å². The first kappa shape index (κ1) is 23.4. The smallest absolute Gasteiger partial charge is 0.222 e. The van der Waals surface area contributed by atoms with Gasteiger partial charge in [-0.3, -0.25) is 9.79 Å². The number of hydrogen-bond donors (Lipinski definition) is 2. The molecule has 0 atom stereocenters. The largest absolute Gasteiger partial charge is 0.356 e. The second-order valence-electron chi connectivity index (χ2n) is 6.78. The van der Waals surface area contributed by atoms with Crippen molar-refractivity contribution in [2.45, 2.75) is 32.4 Å². The molecule has 29 heavy (non-hydrogen) atoms. The molecule has 1 aliphatic rings. The first-order valence-corrected chi connectivity index (χ1v) is 9.93. The zero-order chi connectivity index (χ0) is 19.8. The van der Waals surface area contributed by atoms with Crippen molar-refractivity contribution in [3.05, 3.63) is 64.4 Å². The fourth-order valence-corrected chi connectivity index (χ4v) is 3.35. The summed E-state index contributed by atoms with van der Waals surface area (Å²) in [6, 6.07) is 12.0. The Balaban J connectivity index is 0.00000300. The number of guanidine groups is 1. The van der Waals surface area contributed by atoms with E-state index in [-0.39, 0.29) is 29.9 Å². The molecule has 0 spiro atoms. The van der Waals surface area contributed by atoms with E-state index in [0.29, 0.717) is 24.7 Å². The maximum atomic E-state index is 11.9. The van der Waals surface area contributed by atoms with Gasteiger partial charge in [0.15, 0.2) is 5.96 Å². The number of benzene rings is 1. The molecule has 3 rings (SSSR count). The fourth-order valence-electron chi connectivity index (χ4n) is 3.24. The summed E-state index contributed by atoms with van der Waals surface area (Å²) in [6.45, 7) is 2.92. The Morgan fingerprint density at radius 1 is 1.21 bits per heavy atom. The molecule has 2 heterocycles. The van der Waals surface area contributed by atoms with Crippen LogP contribution in [0.3, 0.4) is 0 Å². The average Bonchev–Trinajstić information content (AvgIpc) is 3.11. The van der Waals surface area contributed by atoms with Crippen LogP contribution in [0.4, 0.5) is 0 Å². The van der Waals surface area contributed by atoms with Gasteiger partial charge in [-0.2, -0.15) is 0 Å². The molecule has 0 saturated carbocycles. The summed E-state index contributed by atoms with van der Waals surface area (Å²) >= 11 is 5.81. The number of nitrogens with zero attached hydrogens (tertiary/aromatic N) is 3. The second-order valence-corrected chi connectivity index (χ2v) is 7.17. The van der Waals surface area contributed by atoms with Crippen LogP contribution < -0.4 is 10.6 Å². The number of nitrogens with one attached hydrogen (secondary N) is 2. The maximum Gasteiger partial charge on any atom is 0.222 e. The molecule has 1 saturated heterocycles. The number of amides is 1. The lowest BCUT2D eigenvalue weighted by atomic mass is 10.1. The summed E-state index contributed by atoms with van der Waals surface area (Å²) in [4.78, 5) is 22.2. The molecule has 1 fully saturated rings. The molecule has 0 aliphatic carbocycles. The van der Waals surface area contributed by atoms with Crippen molar-refractivity contribution >= 4 is 47.4 Å². The second kappa shape index (κ2) is 12.0. The monoisotopic (exact) mass is 527 g/mol. The number of carbonyl (C=O) groups is 1. The SMILES string of the molecule is CN=C(NCCc1ccc(Cl)nc1)NCc1ccccc1CN1CCCC1=O.I. The number of aliphatic imine (C=N–C) groups is 1. The minimum absolute atomic E-state index is 0. The van der Waals surface area contributed by atoms with Crippen LogP contribution in [-0.4, -0.2) is 41.9 Å². The number of pyridine rings is 1. The highest BCUT2D eigenvalue weighted by Crippen LogP contribution is 2.17. The molecular formula is C21H27ClIN5O. The van der Waals surface area contributed by atoms with Gasteiger partial charge in [0.25, 0.3) is 0 Å². The van der Waals surface area contributed by atoms with E-state index in [1.807, 2.05) is 23.1 Å². The van der Waals surface area contributed by atoms with Gasteiger partial charge < -0.3 is 15.5 Å². The molecule has 1 aliphatic heterocycles. The molecule has 0 bridgehead atoms. The van der Waals surface area contributed by atoms with Crippen molar-refractivity contribution in [3.63, 3.8) is 0 Å². The quantitative estimate of drug-likeness (QED) is 0.251. The molecule has 1 amide bonds. The van der Waals surface area contributed by atoms with E-state index in [0.717, 1.165) is 37.5 Å². The van der Waals surface area contributed by atoms with Crippen LogP contribution in [0.1, 0.15) is 29.5 Å². The zero-order valence-corrected chi connectivity index (χ0v) is 19.6. The number of halogens is 2. The van der Waals surface area contributed by atoms with Crippen molar-refractivity contribution in [1.29, 1.82) is 0 Å². The normalized spacial score (nSPS) is 13.9. The van der Waals surface area contributed by atoms with Gasteiger partial charge >= 0.3 is 0 Å². The van der Waals surface area contributed by atoms with E-state index < -0.39 is 0 Å². The van der Waals surface area contributed by atoms with Crippen LogP contribution >= 0.6 is 35.6 Å². The Bertz CT molecular complexity index is 828. The zero-order valence-electron chi connectivity index (χ0n) is 16.5. The van der Waals surface area contributed by atoms with Gasteiger partial charge in [0, 0.05) is 45.8 Å². The van der Waals surface area contributed by atoms with E-state index in [4.69, 9.17) is 11.6 Å². The summed E-state index contributed by atoms with van der Waals surface area (Å²) < 4.78 is 0. The fraction of sp³-hybridized carbons (Fsp3) is 0.381. The van der Waals surface area contributed by atoms with Gasteiger partial charge in [-0.25, -0.2) is 4.98 Å². The van der Waals surface area contributed by atoms with E-state index in [1.54, 1.807) is 19.3 Å². The third kappa shape index (κ3) is 7.15. The molecule has 8 heteroatoms. The Morgan fingerprint density at radius 3 is 2.66 bits per heavy atom. The molecule has 6 nitrogen and oxygen atoms in total. The molecule has 0 unspecified atom stereocenters. The number of hydrogen-bond acceptors (Lipinski definition) is 3. The maximum absolute atomic E-state index is 11.9. The minimum atomic E-state index is 0. The van der Waals surface area contributed by atoms with E-state index in [2.05, 4.69) is 32.7 Å². The molecule has 2 aromatic rings. The van der Waals surface area contributed by atoms with E-state index in [1.165, 1.54) is 11.1 Å². The number of aromatic nitrogens is 1. The summed E-state index contributed by atoms with van der Waals surface area (Å²) in [5.74, 6) is 0.992. The lowest BCUT2D eigenvalue weighted by Crippen LogP contribution is -2.38. The number of likely N-dealkylation sites (tertiary alicyclic amines) is 1. The van der Waals surface area contributed by atoms with Gasteiger partial charge in [-0.05, 0) is 35.6 Å². The highest BCUT2D eigenvalue weighted by Gasteiger charge is 2.20. The number of carbonyl (C=O) groups excluding carboxylic acids is 1. The van der Waals surface area contributed by atoms with Gasteiger partial charge in [-0.15, -0.1) is 24.0 Å². The predicted molar refractivity (Wildman–Crippen MR) is 128 cm³/mol. The summed E-state index contributed by atoms with van der Waals surface area (Å²) in [6.07, 6.45) is 4.24. The standard InChI is InChI=1S/C21H26ClN5O.HI/c1-23-21(24-11-10-16-8-9-19(22)25-13-16)26-14-17-5-2-3-6-18(17)15-27-12-4-7-20(27)28;/h2-3,5-6,8-9,13H,4,7,10-12,14-15H2,1H3,(H2,23,24,26);1H. The third-order valence-electron chi connectivity index (χ3n) is 4.82. The lowest BCUT2D eigenvalue weighted by molar-refractivity contribution is -0.128. The predicted octanol–water partition coefficient (Wildman–Crippen LogP) is 3.38. The molecule has 2 N–H and O–H groups in total. The first-order valence-electron chi connectivity index (χ1n) is 9.55. The van der Waals surface area contributed by atoms with Crippen LogP contribution in [0.25, 0.3) is 0 Å². The lowest BCUT2D eigenvalue weighted by Gasteiger charge is -2.19. The van der Waals surface area contributed by atoms with Crippen LogP contribution in [0, 0.1) is 0 Å². The highest BCUT2D eigenvalue weighted by molar-refractivity contribution is 14.0. The van der Waals surface area contributed by atoms with Gasteiger partial charge in [-0.1, -0.05) is 41.9 Å². The van der Waals surface area contributed by atoms with Gasteiger partial charge in [0.05, 0.1) is 0 Å². The van der Waals surface area contributed by atoms with E-state index in [9.17, 15) is 4.79 Å². The van der Waals surface area contributed by atoms with Crippen molar-refractivity contribution in [2.24, 2.45) is 4.99 Å². The van der Waals surface area contributed by atoms with Crippen LogP contribution in [0.5, 0.6) is 0 Å². The molecular weight excluding hydrogens is 501 g/mol. The average molecular weight is 528 g/mol. The molecule has 1 aromatic carbocycles. The third-order valence-corrected chi connectivity index (χ3v) is 5.04. The van der Waals surface area contributed by atoms with Crippen LogP contribution in [0.15, 0.2) is 47.6 Å². The Kier molecular flexibility index (Phi) is 9.66. The first-order chi connectivity index (χ1) is 13.7. The highest BCUT2D eigenvalue weighted by atomic mass is 127. The summed E-state index contributed by atoms with van der Waals surface area (Å²) in [5.41, 5.74) is 3.47. The van der Waals surface area contributed by atoms with Crippen molar-refractivity contribution in [1.82, 2.24) is 20.5 Å². The van der Waals surface area contributed by atoms with Crippen molar-refractivity contribution < 1.29 is 4.79 Å². The van der Waals surface area contributed by atoms with Gasteiger partial charge in [0.2, 0.25) is 5.91 Å². The molecule has 1 aromatic heterocycles. The summed E-state index contributed by atoms with van der Waals surface area (Å²) in [5, 5.41) is 7.18. The van der Waals surface area contributed by atoms with Crippen molar-refractivity contribution in [2.75, 3.05) is 20.1 Å². The summed E-state index contributed by atoms with van der Waals surface area (Å²) in [7, 11) is 1.76. The number of rotatable bonds is 7. The topological polar surface area (TPSA) is 69.6 Å². The van der Waals surface area contributed by atoms with Crippen LogP contribution in [0.2, 0.25) is 5.15 Å². The molecule has 156 valence electrons. The van der Waals surface area contributed by atoms with Crippen molar-refractivity contribution in [3.8, 4) is 0 Å². The van der Waals surface area contributed by atoms with Crippen LogP contribution in [-0.2, 0) is 24.3 Å². The molecule has 0 radical (unpaired) electrons. The van der Waals surface area contributed by atoms with E-state index >= 15 is 0 Å². The Morgan fingerprint density at radius 2 is 2.00 bits per heavy atom.